The van der Waals surface area contributed by atoms with Gasteiger partial charge in [0.05, 0.1) is 0 Å². The Hall–Kier alpha value is -0.810. The van der Waals surface area contributed by atoms with Crippen LogP contribution in [0.5, 0.6) is 0 Å². The molecular formula is C15H25N3OS. The monoisotopic (exact) mass is 295 g/mol. The molecule has 0 amide bonds. The number of nitrogens with one attached hydrogen (secondary N) is 1. The lowest BCUT2D eigenvalue weighted by Gasteiger charge is -2.22. The molecule has 1 fully saturated rings. The Morgan fingerprint density at radius 1 is 1.25 bits per heavy atom. The summed E-state index contributed by atoms with van der Waals surface area (Å²) in [4.78, 5) is 9.42. The number of ether oxygens (including phenoxy) is 1. The molecule has 0 aliphatic carbocycles. The largest absolute Gasteiger partial charge is 0.381 e. The van der Waals surface area contributed by atoms with Gasteiger partial charge >= 0.3 is 0 Å². The van der Waals surface area contributed by atoms with Crippen LogP contribution in [0.3, 0.4) is 0 Å². The normalized spacial score (nSPS) is 16.4. The predicted octanol–water partition coefficient (Wildman–Crippen LogP) is 3.44. The second-order valence-electron chi connectivity index (χ2n) is 5.13. The highest BCUT2D eigenvalue weighted by Crippen LogP contribution is 2.32. The fourth-order valence-electron chi connectivity index (χ4n) is 2.28. The van der Waals surface area contributed by atoms with Gasteiger partial charge in [-0.2, -0.15) is 0 Å². The van der Waals surface area contributed by atoms with Crippen LogP contribution in [-0.4, -0.2) is 35.0 Å². The van der Waals surface area contributed by atoms with Gasteiger partial charge in [0, 0.05) is 37.0 Å². The van der Waals surface area contributed by atoms with E-state index in [2.05, 4.69) is 31.1 Å². The Kier molecular flexibility index (Phi) is 6.10. The molecule has 0 unspecified atom stereocenters. The van der Waals surface area contributed by atoms with Crippen LogP contribution in [0.4, 0.5) is 5.82 Å². The van der Waals surface area contributed by atoms with E-state index in [9.17, 15) is 0 Å². The van der Waals surface area contributed by atoms with Crippen molar-refractivity contribution in [3.63, 3.8) is 0 Å². The van der Waals surface area contributed by atoms with Gasteiger partial charge in [0.25, 0.3) is 0 Å². The van der Waals surface area contributed by atoms with Crippen molar-refractivity contribution in [2.24, 2.45) is 0 Å². The van der Waals surface area contributed by atoms with E-state index in [1.165, 1.54) is 5.56 Å². The Bertz CT molecular complexity index is 433. The molecule has 2 rings (SSSR count). The fraction of sp³-hybridized carbons (Fsp3) is 0.733. The molecule has 5 heteroatoms. The van der Waals surface area contributed by atoms with Crippen molar-refractivity contribution in [3.05, 3.63) is 11.4 Å². The van der Waals surface area contributed by atoms with E-state index in [0.29, 0.717) is 5.25 Å². The first-order chi connectivity index (χ1) is 9.74. The standard InChI is InChI=1S/C15H25N3OS/c1-4-6-13-17-14(16-5-2)11(3)15(18-13)20-12-7-9-19-10-8-12/h12H,4-10H2,1-3H3,(H,16,17,18). The van der Waals surface area contributed by atoms with E-state index in [1.54, 1.807) is 0 Å². The van der Waals surface area contributed by atoms with Crippen molar-refractivity contribution >= 4 is 17.6 Å². The number of hydrogen-bond acceptors (Lipinski definition) is 5. The summed E-state index contributed by atoms with van der Waals surface area (Å²) >= 11 is 1.90. The second-order valence-corrected chi connectivity index (χ2v) is 6.42. The summed E-state index contributed by atoms with van der Waals surface area (Å²) in [6, 6.07) is 0. The molecule has 0 spiro atoms. The van der Waals surface area contributed by atoms with Crippen LogP contribution in [0, 0.1) is 6.92 Å². The zero-order valence-corrected chi connectivity index (χ0v) is 13.6. The van der Waals surface area contributed by atoms with E-state index in [1.807, 2.05) is 11.8 Å². The quantitative estimate of drug-likeness (QED) is 0.815. The SMILES string of the molecule is CCCc1nc(NCC)c(C)c(SC2CCOCC2)n1. The average molecular weight is 295 g/mol. The number of anilines is 1. The number of nitrogens with zero attached hydrogens (tertiary/aromatic N) is 2. The highest BCUT2D eigenvalue weighted by atomic mass is 32.2. The topological polar surface area (TPSA) is 47.0 Å². The Morgan fingerprint density at radius 3 is 2.65 bits per heavy atom. The molecule has 1 aromatic heterocycles. The van der Waals surface area contributed by atoms with E-state index in [4.69, 9.17) is 9.72 Å². The van der Waals surface area contributed by atoms with Gasteiger partial charge in [-0.3, -0.25) is 0 Å². The van der Waals surface area contributed by atoms with Crippen molar-refractivity contribution in [2.75, 3.05) is 25.1 Å². The van der Waals surface area contributed by atoms with E-state index in [0.717, 1.165) is 62.1 Å². The average Bonchev–Trinajstić information content (AvgIpc) is 2.45. The zero-order chi connectivity index (χ0) is 14.4. The third-order valence-electron chi connectivity index (χ3n) is 3.41. The lowest BCUT2D eigenvalue weighted by molar-refractivity contribution is 0.1000. The van der Waals surface area contributed by atoms with Gasteiger partial charge in [0.2, 0.25) is 0 Å². The second kappa shape index (κ2) is 7.84. The molecule has 4 nitrogen and oxygen atoms in total. The molecule has 20 heavy (non-hydrogen) atoms. The van der Waals surface area contributed by atoms with E-state index < -0.39 is 0 Å². The Labute approximate surface area is 126 Å². The lowest BCUT2D eigenvalue weighted by Crippen LogP contribution is -2.18. The maximum absolute atomic E-state index is 5.43. The molecule has 2 heterocycles. The molecule has 0 saturated carbocycles. The molecule has 112 valence electrons. The molecular weight excluding hydrogens is 270 g/mol. The molecule has 0 radical (unpaired) electrons. The summed E-state index contributed by atoms with van der Waals surface area (Å²) in [6.45, 7) is 9.04. The van der Waals surface area contributed by atoms with Crippen molar-refractivity contribution in [1.82, 2.24) is 9.97 Å². The van der Waals surface area contributed by atoms with Crippen LogP contribution in [0.1, 0.15) is 44.5 Å². The first kappa shape index (κ1) is 15.6. The number of aryl methyl sites for hydroxylation is 1. The third-order valence-corrected chi connectivity index (χ3v) is 4.84. The summed E-state index contributed by atoms with van der Waals surface area (Å²) in [7, 11) is 0. The van der Waals surface area contributed by atoms with Gasteiger partial charge < -0.3 is 10.1 Å². The molecule has 0 bridgehead atoms. The van der Waals surface area contributed by atoms with Crippen molar-refractivity contribution < 1.29 is 4.74 Å². The van der Waals surface area contributed by atoms with Crippen LogP contribution in [0.2, 0.25) is 0 Å². The smallest absolute Gasteiger partial charge is 0.133 e. The summed E-state index contributed by atoms with van der Waals surface area (Å²) in [5.74, 6) is 1.96. The van der Waals surface area contributed by atoms with Crippen LogP contribution in [0.15, 0.2) is 5.03 Å². The van der Waals surface area contributed by atoms with Crippen LogP contribution >= 0.6 is 11.8 Å². The molecule has 0 atom stereocenters. The van der Waals surface area contributed by atoms with Crippen molar-refractivity contribution in [1.29, 1.82) is 0 Å². The minimum atomic E-state index is 0.626. The van der Waals surface area contributed by atoms with Gasteiger partial charge in [-0.1, -0.05) is 6.92 Å². The van der Waals surface area contributed by atoms with E-state index in [-0.39, 0.29) is 0 Å². The molecule has 0 aromatic carbocycles. The Morgan fingerprint density at radius 2 is 2.00 bits per heavy atom. The maximum atomic E-state index is 5.43. The molecule has 1 saturated heterocycles. The van der Waals surface area contributed by atoms with Gasteiger partial charge in [-0.25, -0.2) is 9.97 Å². The van der Waals surface area contributed by atoms with Crippen molar-refractivity contribution in [3.8, 4) is 0 Å². The minimum Gasteiger partial charge on any atom is -0.381 e. The fourth-order valence-corrected chi connectivity index (χ4v) is 3.46. The van der Waals surface area contributed by atoms with Gasteiger partial charge in [0.1, 0.15) is 16.7 Å². The number of rotatable bonds is 6. The minimum absolute atomic E-state index is 0.626. The van der Waals surface area contributed by atoms with Crippen LogP contribution < -0.4 is 5.32 Å². The van der Waals surface area contributed by atoms with Gasteiger partial charge in [0.15, 0.2) is 0 Å². The maximum Gasteiger partial charge on any atom is 0.133 e. The summed E-state index contributed by atoms with van der Waals surface area (Å²) in [5, 5.41) is 5.13. The molecule has 1 aromatic rings. The lowest BCUT2D eigenvalue weighted by atomic mass is 10.2. The highest BCUT2D eigenvalue weighted by molar-refractivity contribution is 7.99. The highest BCUT2D eigenvalue weighted by Gasteiger charge is 2.19. The zero-order valence-electron chi connectivity index (χ0n) is 12.7. The molecule has 1 N–H and O–H groups in total. The summed E-state index contributed by atoms with van der Waals surface area (Å²) in [6.07, 6.45) is 4.26. The number of hydrogen-bond donors (Lipinski definition) is 1. The number of thioether (sulfide) groups is 1. The third kappa shape index (κ3) is 4.09. The van der Waals surface area contributed by atoms with Gasteiger partial charge in [-0.15, -0.1) is 11.8 Å². The Balaban J connectivity index is 2.19. The van der Waals surface area contributed by atoms with Crippen molar-refractivity contribution in [2.45, 2.75) is 56.7 Å². The van der Waals surface area contributed by atoms with E-state index >= 15 is 0 Å². The summed E-state index contributed by atoms with van der Waals surface area (Å²) in [5.41, 5.74) is 1.18. The molecule has 1 aliphatic rings. The summed E-state index contributed by atoms with van der Waals surface area (Å²) < 4.78 is 5.43. The first-order valence-corrected chi connectivity index (χ1v) is 8.48. The van der Waals surface area contributed by atoms with Gasteiger partial charge in [-0.05, 0) is 33.1 Å². The first-order valence-electron chi connectivity index (χ1n) is 7.60. The van der Waals surface area contributed by atoms with Crippen LogP contribution in [-0.2, 0) is 11.2 Å². The van der Waals surface area contributed by atoms with Crippen LogP contribution in [0.25, 0.3) is 0 Å². The predicted molar refractivity (Wildman–Crippen MR) is 84.6 cm³/mol. The molecule has 1 aliphatic heterocycles. The number of aromatic nitrogens is 2.